The summed E-state index contributed by atoms with van der Waals surface area (Å²) in [5.41, 5.74) is 0. The molecule has 0 bridgehead atoms. The van der Waals surface area contributed by atoms with E-state index >= 15 is 0 Å². The van der Waals surface area contributed by atoms with Crippen LogP contribution < -0.4 is 4.90 Å². The first-order chi connectivity index (χ1) is 8.83. The Kier molecular flexibility index (Phi) is 3.63. The van der Waals surface area contributed by atoms with Crippen LogP contribution in [0.5, 0.6) is 0 Å². The maximum absolute atomic E-state index is 5.83. The van der Waals surface area contributed by atoms with Crippen LogP contribution in [0.25, 0.3) is 0 Å². The number of anilines is 1. The molecule has 0 amide bonds. The van der Waals surface area contributed by atoms with E-state index in [2.05, 4.69) is 19.8 Å². The smallest absolute Gasteiger partial charge is 0.224 e. The number of rotatable bonds is 2. The number of halogens is 1. The molecule has 18 heavy (non-hydrogen) atoms. The summed E-state index contributed by atoms with van der Waals surface area (Å²) >= 11 is 5.83. The third-order valence-electron chi connectivity index (χ3n) is 3.66. The molecule has 1 aromatic rings. The van der Waals surface area contributed by atoms with Crippen molar-refractivity contribution in [2.45, 2.75) is 12.5 Å². The Bertz CT molecular complexity index is 411. The second kappa shape index (κ2) is 5.38. The first-order valence-corrected chi connectivity index (χ1v) is 6.76. The van der Waals surface area contributed by atoms with Crippen LogP contribution in [-0.4, -0.2) is 60.3 Å². The molecule has 0 saturated carbocycles. The van der Waals surface area contributed by atoms with Crippen LogP contribution in [-0.2, 0) is 4.74 Å². The van der Waals surface area contributed by atoms with Gasteiger partial charge in [-0.25, -0.2) is 9.97 Å². The molecule has 6 heteroatoms. The minimum Gasteiger partial charge on any atom is -0.379 e. The molecule has 0 unspecified atom stereocenters. The van der Waals surface area contributed by atoms with Crippen molar-refractivity contribution in [2.24, 2.45) is 0 Å². The summed E-state index contributed by atoms with van der Waals surface area (Å²) in [6.45, 7) is 5.86. The van der Waals surface area contributed by atoms with Gasteiger partial charge in [0.25, 0.3) is 0 Å². The molecule has 5 nitrogen and oxygen atoms in total. The quantitative estimate of drug-likeness (QED) is 0.750. The van der Waals surface area contributed by atoms with Crippen molar-refractivity contribution >= 4 is 17.4 Å². The molecular weight excluding hydrogens is 252 g/mol. The summed E-state index contributed by atoms with van der Waals surface area (Å²) in [5.74, 6) is 0.936. The maximum Gasteiger partial charge on any atom is 0.224 e. The van der Waals surface area contributed by atoms with Gasteiger partial charge >= 0.3 is 0 Å². The molecule has 2 saturated heterocycles. The van der Waals surface area contributed by atoms with Gasteiger partial charge in [0.15, 0.2) is 0 Å². The van der Waals surface area contributed by atoms with Crippen LogP contribution in [0, 0.1) is 0 Å². The van der Waals surface area contributed by atoms with Crippen LogP contribution in [0.3, 0.4) is 0 Å². The highest BCUT2D eigenvalue weighted by Gasteiger charge is 2.29. The van der Waals surface area contributed by atoms with E-state index in [1.807, 2.05) is 6.07 Å². The van der Waals surface area contributed by atoms with Crippen molar-refractivity contribution in [3.05, 3.63) is 17.5 Å². The van der Waals surface area contributed by atoms with Gasteiger partial charge in [0.2, 0.25) is 5.28 Å². The molecule has 3 heterocycles. The zero-order valence-corrected chi connectivity index (χ0v) is 11.0. The number of ether oxygens (including phenoxy) is 1. The monoisotopic (exact) mass is 268 g/mol. The van der Waals surface area contributed by atoms with Crippen molar-refractivity contribution in [3.63, 3.8) is 0 Å². The number of hydrogen-bond acceptors (Lipinski definition) is 5. The van der Waals surface area contributed by atoms with Crippen molar-refractivity contribution in [1.29, 1.82) is 0 Å². The molecule has 2 aliphatic heterocycles. The lowest BCUT2D eigenvalue weighted by molar-refractivity contribution is 0.0209. The zero-order valence-electron chi connectivity index (χ0n) is 10.3. The molecule has 98 valence electrons. The van der Waals surface area contributed by atoms with Gasteiger partial charge in [0.1, 0.15) is 5.82 Å². The fourth-order valence-corrected chi connectivity index (χ4v) is 2.84. The number of aromatic nitrogens is 2. The highest BCUT2D eigenvalue weighted by atomic mass is 35.5. The van der Waals surface area contributed by atoms with E-state index < -0.39 is 0 Å². The lowest BCUT2D eigenvalue weighted by atomic mass is 10.2. The van der Waals surface area contributed by atoms with E-state index in [1.54, 1.807) is 6.20 Å². The molecule has 0 aliphatic carbocycles. The third kappa shape index (κ3) is 2.58. The molecule has 1 atom stereocenters. The van der Waals surface area contributed by atoms with Crippen molar-refractivity contribution in [3.8, 4) is 0 Å². The Balaban J connectivity index is 1.64. The van der Waals surface area contributed by atoms with Crippen molar-refractivity contribution < 1.29 is 4.74 Å². The van der Waals surface area contributed by atoms with Crippen molar-refractivity contribution in [2.75, 3.05) is 44.3 Å². The van der Waals surface area contributed by atoms with Gasteiger partial charge in [-0.15, -0.1) is 0 Å². The normalized spacial score (nSPS) is 25.6. The summed E-state index contributed by atoms with van der Waals surface area (Å²) in [5, 5.41) is 0.322. The van der Waals surface area contributed by atoms with E-state index in [1.165, 1.54) is 6.42 Å². The van der Waals surface area contributed by atoms with Gasteiger partial charge < -0.3 is 9.64 Å². The SMILES string of the molecule is Clc1nccc(N2CC[C@H](N3CCOCC3)C2)n1. The van der Waals surface area contributed by atoms with Gasteiger partial charge in [-0.3, -0.25) is 4.90 Å². The minimum atomic E-state index is 0.322. The number of hydrogen-bond donors (Lipinski definition) is 0. The van der Waals surface area contributed by atoms with Gasteiger partial charge in [-0.2, -0.15) is 0 Å². The molecule has 0 N–H and O–H groups in total. The Morgan fingerprint density at radius 3 is 2.89 bits per heavy atom. The highest BCUT2D eigenvalue weighted by molar-refractivity contribution is 6.28. The van der Waals surface area contributed by atoms with Crippen LogP contribution in [0.1, 0.15) is 6.42 Å². The van der Waals surface area contributed by atoms with E-state index in [9.17, 15) is 0 Å². The largest absolute Gasteiger partial charge is 0.379 e. The predicted molar refractivity (Wildman–Crippen MR) is 70.1 cm³/mol. The third-order valence-corrected chi connectivity index (χ3v) is 3.84. The summed E-state index contributed by atoms with van der Waals surface area (Å²) in [6.07, 6.45) is 2.90. The van der Waals surface area contributed by atoms with Gasteiger partial charge in [-0.05, 0) is 24.1 Å². The second-order valence-electron chi connectivity index (χ2n) is 4.72. The van der Waals surface area contributed by atoms with Gasteiger partial charge in [0.05, 0.1) is 13.2 Å². The molecule has 0 spiro atoms. The molecule has 0 radical (unpaired) electrons. The summed E-state index contributed by atoms with van der Waals surface area (Å²) in [4.78, 5) is 13.0. The standard InChI is InChI=1S/C12H17ClN4O/c13-12-14-3-1-11(15-12)17-4-2-10(9-17)16-5-7-18-8-6-16/h1,3,10H,2,4-9H2/t10-/m0/s1. The van der Waals surface area contributed by atoms with Crippen molar-refractivity contribution in [1.82, 2.24) is 14.9 Å². The van der Waals surface area contributed by atoms with Crippen LogP contribution in [0.2, 0.25) is 5.28 Å². The number of nitrogens with zero attached hydrogens (tertiary/aromatic N) is 4. The summed E-state index contributed by atoms with van der Waals surface area (Å²) < 4.78 is 5.39. The fraction of sp³-hybridized carbons (Fsp3) is 0.667. The van der Waals surface area contributed by atoms with Crippen LogP contribution >= 0.6 is 11.6 Å². The first kappa shape index (κ1) is 12.1. The number of morpholine rings is 1. The lowest BCUT2D eigenvalue weighted by Crippen LogP contribution is -2.44. The van der Waals surface area contributed by atoms with Crippen LogP contribution in [0.4, 0.5) is 5.82 Å². The van der Waals surface area contributed by atoms with E-state index in [-0.39, 0.29) is 0 Å². The van der Waals surface area contributed by atoms with E-state index in [4.69, 9.17) is 16.3 Å². The molecule has 2 aliphatic rings. The maximum atomic E-state index is 5.83. The van der Waals surface area contributed by atoms with Gasteiger partial charge in [-0.1, -0.05) is 0 Å². The van der Waals surface area contributed by atoms with E-state index in [0.29, 0.717) is 11.3 Å². The highest BCUT2D eigenvalue weighted by Crippen LogP contribution is 2.22. The molecule has 2 fully saturated rings. The molecular formula is C12H17ClN4O. The topological polar surface area (TPSA) is 41.5 Å². The lowest BCUT2D eigenvalue weighted by Gasteiger charge is -2.32. The Morgan fingerprint density at radius 2 is 2.11 bits per heavy atom. The fourth-order valence-electron chi connectivity index (χ4n) is 2.69. The molecule has 1 aromatic heterocycles. The second-order valence-corrected chi connectivity index (χ2v) is 5.06. The summed E-state index contributed by atoms with van der Waals surface area (Å²) in [6, 6.07) is 2.54. The van der Waals surface area contributed by atoms with Gasteiger partial charge in [0, 0.05) is 38.4 Å². The average molecular weight is 269 g/mol. The average Bonchev–Trinajstić information content (AvgIpc) is 2.89. The van der Waals surface area contributed by atoms with E-state index in [0.717, 1.165) is 45.2 Å². The van der Waals surface area contributed by atoms with Crippen LogP contribution in [0.15, 0.2) is 12.3 Å². The minimum absolute atomic E-state index is 0.322. The molecule has 0 aromatic carbocycles. The zero-order chi connectivity index (χ0) is 12.4. The molecule has 3 rings (SSSR count). The Labute approximate surface area is 112 Å². The predicted octanol–water partition coefficient (Wildman–Crippen LogP) is 1.04. The first-order valence-electron chi connectivity index (χ1n) is 6.38. The Morgan fingerprint density at radius 1 is 1.28 bits per heavy atom. The summed E-state index contributed by atoms with van der Waals surface area (Å²) in [7, 11) is 0. The Hall–Kier alpha value is -0.910.